The van der Waals surface area contributed by atoms with Crippen LogP contribution in [0, 0.1) is 11.3 Å². The van der Waals surface area contributed by atoms with E-state index in [0.717, 1.165) is 29.2 Å². The van der Waals surface area contributed by atoms with Gasteiger partial charge in [0, 0.05) is 13.0 Å². The molecule has 0 aliphatic carbocycles. The minimum atomic E-state index is -4.57. The van der Waals surface area contributed by atoms with Gasteiger partial charge < -0.3 is 14.8 Å². The largest absolute Gasteiger partial charge is 0.444 e. The molecule has 0 atom stereocenters. The first-order valence-electron chi connectivity index (χ1n) is 10.9. The number of ether oxygens (including phenoxy) is 2. The predicted octanol–water partition coefficient (Wildman–Crippen LogP) is 5.51. The smallest absolute Gasteiger partial charge is 0.420 e. The van der Waals surface area contributed by atoms with Gasteiger partial charge in [0.25, 0.3) is 0 Å². The first-order chi connectivity index (χ1) is 16.5. The molecule has 1 aromatic carbocycles. The Morgan fingerprint density at radius 2 is 1.61 bits per heavy atom. The fourth-order valence-electron chi connectivity index (χ4n) is 2.81. The van der Waals surface area contributed by atoms with Crippen LogP contribution < -0.4 is 10.2 Å². The summed E-state index contributed by atoms with van der Waals surface area (Å²) in [5, 5.41) is 12.2. The van der Waals surface area contributed by atoms with Gasteiger partial charge in [-0.05, 0) is 65.8 Å². The average Bonchev–Trinajstić information content (AvgIpc) is 2.72. The van der Waals surface area contributed by atoms with E-state index in [1.807, 2.05) is 6.07 Å². The molecular formula is C24H28F3N5O4. The van der Waals surface area contributed by atoms with Crippen molar-refractivity contribution < 1.29 is 32.2 Å². The number of halogens is 3. The molecule has 0 saturated carbocycles. The lowest BCUT2D eigenvalue weighted by Crippen LogP contribution is -2.35. The molecule has 2 amide bonds. The summed E-state index contributed by atoms with van der Waals surface area (Å²) in [7, 11) is 0. The molecule has 1 aromatic heterocycles. The van der Waals surface area contributed by atoms with Crippen molar-refractivity contribution in [1.29, 1.82) is 5.26 Å². The Morgan fingerprint density at radius 1 is 1.03 bits per heavy atom. The number of nitrogens with zero attached hydrogens (tertiary/aromatic N) is 4. The summed E-state index contributed by atoms with van der Waals surface area (Å²) >= 11 is 0. The summed E-state index contributed by atoms with van der Waals surface area (Å²) in [6.45, 7) is 10.2. The first kappa shape index (κ1) is 28.4. The summed E-state index contributed by atoms with van der Waals surface area (Å²) in [5.74, 6) is -0.213. The summed E-state index contributed by atoms with van der Waals surface area (Å²) in [4.78, 5) is 34.1. The van der Waals surface area contributed by atoms with E-state index in [1.165, 1.54) is 6.20 Å². The Balaban J connectivity index is 2.35. The van der Waals surface area contributed by atoms with Gasteiger partial charge in [-0.15, -0.1) is 0 Å². The molecule has 0 radical (unpaired) electrons. The van der Waals surface area contributed by atoms with Crippen LogP contribution in [-0.4, -0.2) is 39.9 Å². The quantitative estimate of drug-likeness (QED) is 0.567. The maximum atomic E-state index is 13.0. The topological polar surface area (TPSA) is 117 Å². The summed E-state index contributed by atoms with van der Waals surface area (Å²) in [5.41, 5.74) is -2.42. The number of anilines is 2. The van der Waals surface area contributed by atoms with E-state index >= 15 is 0 Å². The third-order valence-corrected chi connectivity index (χ3v) is 4.20. The number of benzene rings is 1. The van der Waals surface area contributed by atoms with Crippen molar-refractivity contribution in [2.75, 3.05) is 11.4 Å². The third-order valence-electron chi connectivity index (χ3n) is 4.20. The van der Waals surface area contributed by atoms with Crippen LogP contribution in [0.3, 0.4) is 0 Å². The van der Waals surface area contributed by atoms with E-state index in [2.05, 4.69) is 15.3 Å². The fraction of sp³-hybridized carbons (Fsp3) is 0.458. The van der Waals surface area contributed by atoms with Crippen LogP contribution in [0.2, 0.25) is 0 Å². The molecule has 0 fully saturated rings. The lowest BCUT2D eigenvalue weighted by molar-refractivity contribution is -0.137. The molecule has 2 aromatic rings. The van der Waals surface area contributed by atoms with Crippen LogP contribution in [0.25, 0.3) is 0 Å². The third kappa shape index (κ3) is 8.41. The highest BCUT2D eigenvalue weighted by atomic mass is 19.4. The number of hydrogen-bond donors (Lipinski definition) is 1. The molecule has 9 nitrogen and oxygen atoms in total. The average molecular weight is 508 g/mol. The molecule has 0 unspecified atom stereocenters. The Hall–Kier alpha value is -3.88. The number of alkyl carbamates (subject to hydrolysis) is 1. The number of amides is 2. The van der Waals surface area contributed by atoms with E-state index in [1.54, 1.807) is 41.5 Å². The number of nitriles is 1. The van der Waals surface area contributed by atoms with Gasteiger partial charge in [0.2, 0.25) is 0 Å². The van der Waals surface area contributed by atoms with Gasteiger partial charge in [-0.25, -0.2) is 24.5 Å². The number of aromatic nitrogens is 2. The second-order valence-corrected chi connectivity index (χ2v) is 9.68. The van der Waals surface area contributed by atoms with Crippen molar-refractivity contribution in [3.8, 4) is 6.07 Å². The molecule has 36 heavy (non-hydrogen) atoms. The van der Waals surface area contributed by atoms with E-state index in [0.29, 0.717) is 5.69 Å². The van der Waals surface area contributed by atoms with Crippen molar-refractivity contribution in [2.45, 2.75) is 65.3 Å². The van der Waals surface area contributed by atoms with E-state index in [-0.39, 0.29) is 30.2 Å². The number of nitrogens with one attached hydrogen (secondary N) is 1. The summed E-state index contributed by atoms with van der Waals surface area (Å²) in [6, 6.07) is 5.63. The van der Waals surface area contributed by atoms with Crippen molar-refractivity contribution in [3.63, 3.8) is 0 Å². The molecule has 0 aliphatic heterocycles. The normalized spacial score (nSPS) is 11.9. The molecule has 0 saturated heterocycles. The zero-order chi connectivity index (χ0) is 27.3. The number of rotatable bonds is 5. The fourth-order valence-corrected chi connectivity index (χ4v) is 2.81. The minimum absolute atomic E-state index is 0.00222. The summed E-state index contributed by atoms with van der Waals surface area (Å²) < 4.78 is 49.6. The van der Waals surface area contributed by atoms with Crippen LogP contribution in [0.5, 0.6) is 0 Å². The first-order valence-corrected chi connectivity index (χ1v) is 10.9. The van der Waals surface area contributed by atoms with Gasteiger partial charge >= 0.3 is 18.4 Å². The van der Waals surface area contributed by atoms with Gasteiger partial charge in [0.15, 0.2) is 11.5 Å². The molecule has 2 rings (SSSR count). The number of alkyl halides is 3. The van der Waals surface area contributed by atoms with E-state index < -0.39 is 35.1 Å². The molecular weight excluding hydrogens is 479 g/mol. The molecule has 0 spiro atoms. The maximum absolute atomic E-state index is 13.0. The molecule has 1 heterocycles. The number of carbonyl (C=O) groups excluding carboxylic acids is 2. The standard InChI is InChI=1S/C24H28F3N5O4/c1-22(2,3)35-20(33)29-12-11-16-14-30-19(18(13-28)31-16)32(21(34)36-23(4,5)6)17-9-7-15(8-10-17)24(25,26)27/h7-10,14H,11-12H2,1-6H3,(H,29,33). The van der Waals surface area contributed by atoms with Crippen LogP contribution in [0.4, 0.5) is 34.3 Å². The van der Waals surface area contributed by atoms with Gasteiger partial charge in [0.05, 0.1) is 23.1 Å². The second-order valence-electron chi connectivity index (χ2n) is 9.68. The van der Waals surface area contributed by atoms with E-state index in [9.17, 15) is 28.0 Å². The van der Waals surface area contributed by atoms with Gasteiger partial charge in [-0.3, -0.25) is 0 Å². The Bertz CT molecular complexity index is 1130. The molecule has 0 aliphatic rings. The zero-order valence-electron chi connectivity index (χ0n) is 20.9. The maximum Gasteiger partial charge on any atom is 0.420 e. The lowest BCUT2D eigenvalue weighted by atomic mass is 10.2. The van der Waals surface area contributed by atoms with Crippen LogP contribution in [0.1, 0.15) is 58.5 Å². The van der Waals surface area contributed by atoms with Crippen LogP contribution >= 0.6 is 0 Å². The highest BCUT2D eigenvalue weighted by molar-refractivity contribution is 5.96. The van der Waals surface area contributed by atoms with Crippen LogP contribution in [0.15, 0.2) is 30.5 Å². The van der Waals surface area contributed by atoms with Crippen LogP contribution in [-0.2, 0) is 22.1 Å². The van der Waals surface area contributed by atoms with Crippen molar-refractivity contribution in [3.05, 3.63) is 47.4 Å². The molecule has 12 heteroatoms. The monoisotopic (exact) mass is 507 g/mol. The van der Waals surface area contributed by atoms with Crippen molar-refractivity contribution in [1.82, 2.24) is 15.3 Å². The Labute approximate surface area is 207 Å². The lowest BCUT2D eigenvalue weighted by Gasteiger charge is -2.27. The Morgan fingerprint density at radius 3 is 2.11 bits per heavy atom. The number of carbonyl (C=O) groups is 2. The van der Waals surface area contributed by atoms with Gasteiger partial charge in [0.1, 0.15) is 17.3 Å². The highest BCUT2D eigenvalue weighted by Gasteiger charge is 2.32. The summed E-state index contributed by atoms with van der Waals surface area (Å²) in [6.07, 6.45) is -4.64. The molecule has 0 bridgehead atoms. The van der Waals surface area contributed by atoms with E-state index in [4.69, 9.17) is 9.47 Å². The highest BCUT2D eigenvalue weighted by Crippen LogP contribution is 2.33. The predicted molar refractivity (Wildman–Crippen MR) is 125 cm³/mol. The SMILES string of the molecule is CC(C)(C)OC(=O)NCCc1cnc(N(C(=O)OC(C)(C)C)c2ccc(C(F)(F)F)cc2)c(C#N)n1. The second kappa shape index (κ2) is 10.8. The Kier molecular flexibility index (Phi) is 8.51. The van der Waals surface area contributed by atoms with Gasteiger partial charge in [-0.1, -0.05) is 0 Å². The molecule has 1 N–H and O–H groups in total. The molecule has 194 valence electrons. The number of hydrogen-bond acceptors (Lipinski definition) is 7. The van der Waals surface area contributed by atoms with Crippen molar-refractivity contribution in [2.24, 2.45) is 0 Å². The zero-order valence-corrected chi connectivity index (χ0v) is 20.9. The van der Waals surface area contributed by atoms with Gasteiger partial charge in [-0.2, -0.15) is 18.4 Å². The van der Waals surface area contributed by atoms with Crippen molar-refractivity contribution >= 4 is 23.7 Å². The minimum Gasteiger partial charge on any atom is -0.444 e.